The highest BCUT2D eigenvalue weighted by Gasteiger charge is 2.22. The third-order valence-electron chi connectivity index (χ3n) is 3.04. The molecule has 136 valence electrons. The lowest BCUT2D eigenvalue weighted by molar-refractivity contribution is -0.0229. The topological polar surface area (TPSA) is 72.5 Å². The number of carbonyl (C=O) groups is 1. The molecule has 1 heterocycles. The zero-order chi connectivity index (χ0) is 18.7. The number of thiophene rings is 1. The van der Waals surface area contributed by atoms with E-state index in [-0.39, 0.29) is 16.7 Å². The Morgan fingerprint density at radius 3 is 2.36 bits per heavy atom. The number of hydrogen-bond donors (Lipinski definition) is 1. The van der Waals surface area contributed by atoms with Gasteiger partial charge < -0.3 is 10.1 Å². The van der Waals surface area contributed by atoms with Crippen LogP contribution in [0.3, 0.4) is 0 Å². The molecule has 0 saturated heterocycles. The van der Waals surface area contributed by atoms with Crippen LogP contribution >= 0.6 is 11.3 Å². The fraction of sp³-hybridized carbons (Fsp3) is 0.312. The molecule has 0 radical (unpaired) electrons. The molecule has 0 aliphatic carbocycles. The van der Waals surface area contributed by atoms with E-state index < -0.39 is 22.4 Å². The Bertz CT molecular complexity index is 840. The van der Waals surface area contributed by atoms with Gasteiger partial charge in [0.1, 0.15) is 9.96 Å². The first kappa shape index (κ1) is 19.3. The lowest BCUT2D eigenvalue weighted by Gasteiger charge is -2.12. The molecule has 0 aliphatic heterocycles. The van der Waals surface area contributed by atoms with Gasteiger partial charge in [-0.1, -0.05) is 12.1 Å². The SMILES string of the molecule is CC(F)(F)COc1ccc(CNC(=O)c2ccc(S(C)(=O)=O)s2)cc1. The quantitative estimate of drug-likeness (QED) is 0.790. The standard InChI is InChI=1S/C16H17F2NO4S2/c1-16(17,18)10-23-12-5-3-11(4-6-12)9-19-15(20)13-7-8-14(24-13)25(2,21)22/h3-8H,9-10H2,1-2H3,(H,19,20). The third kappa shape index (κ3) is 6.09. The van der Waals surface area contributed by atoms with Gasteiger partial charge in [0.15, 0.2) is 16.4 Å². The van der Waals surface area contributed by atoms with Crippen LogP contribution in [-0.4, -0.2) is 33.1 Å². The predicted molar refractivity (Wildman–Crippen MR) is 91.2 cm³/mol. The third-order valence-corrected chi connectivity index (χ3v) is 5.94. The highest BCUT2D eigenvalue weighted by molar-refractivity contribution is 7.92. The maximum atomic E-state index is 12.7. The summed E-state index contributed by atoms with van der Waals surface area (Å²) in [5.74, 6) is -2.98. The van der Waals surface area contributed by atoms with Crippen molar-refractivity contribution in [3.63, 3.8) is 0 Å². The Morgan fingerprint density at radius 2 is 1.84 bits per heavy atom. The van der Waals surface area contributed by atoms with E-state index in [1.807, 2.05) is 0 Å². The summed E-state index contributed by atoms with van der Waals surface area (Å²) in [4.78, 5) is 12.3. The molecule has 5 nitrogen and oxygen atoms in total. The van der Waals surface area contributed by atoms with Crippen molar-refractivity contribution in [1.29, 1.82) is 0 Å². The summed E-state index contributed by atoms with van der Waals surface area (Å²) in [7, 11) is -3.33. The van der Waals surface area contributed by atoms with Crippen molar-refractivity contribution in [2.24, 2.45) is 0 Å². The van der Waals surface area contributed by atoms with E-state index in [1.165, 1.54) is 12.1 Å². The molecule has 0 atom stereocenters. The molecule has 0 fully saturated rings. The first-order valence-corrected chi connectivity index (χ1v) is 9.93. The molecule has 0 spiro atoms. The highest BCUT2D eigenvalue weighted by Crippen LogP contribution is 2.21. The number of halogens is 2. The smallest absolute Gasteiger partial charge is 0.278 e. The molecule has 1 amide bonds. The highest BCUT2D eigenvalue weighted by atomic mass is 32.2. The van der Waals surface area contributed by atoms with Crippen LogP contribution in [0.15, 0.2) is 40.6 Å². The number of sulfone groups is 1. The average Bonchev–Trinajstić information content (AvgIpc) is 3.01. The fourth-order valence-corrected chi connectivity index (χ4v) is 3.67. The van der Waals surface area contributed by atoms with Crippen LogP contribution < -0.4 is 10.1 Å². The maximum absolute atomic E-state index is 12.7. The fourth-order valence-electron chi connectivity index (χ4n) is 1.82. The second-order valence-corrected chi connectivity index (χ2v) is 8.90. The number of amides is 1. The van der Waals surface area contributed by atoms with Crippen molar-refractivity contribution >= 4 is 27.1 Å². The molecule has 1 N–H and O–H groups in total. The number of carbonyl (C=O) groups excluding carboxylic acids is 1. The van der Waals surface area contributed by atoms with Crippen molar-refractivity contribution in [3.8, 4) is 5.75 Å². The van der Waals surface area contributed by atoms with Gasteiger partial charge >= 0.3 is 0 Å². The van der Waals surface area contributed by atoms with Crippen LogP contribution in [-0.2, 0) is 16.4 Å². The molecular weight excluding hydrogens is 372 g/mol. The van der Waals surface area contributed by atoms with E-state index in [9.17, 15) is 22.0 Å². The van der Waals surface area contributed by atoms with E-state index in [1.54, 1.807) is 24.3 Å². The minimum atomic E-state index is -3.33. The van der Waals surface area contributed by atoms with Crippen LogP contribution in [0.5, 0.6) is 5.75 Å². The summed E-state index contributed by atoms with van der Waals surface area (Å²) < 4.78 is 53.4. The largest absolute Gasteiger partial charge is 0.487 e. The van der Waals surface area contributed by atoms with E-state index >= 15 is 0 Å². The summed E-state index contributed by atoms with van der Waals surface area (Å²) in [5, 5.41) is 2.67. The Morgan fingerprint density at radius 1 is 1.20 bits per heavy atom. The van der Waals surface area contributed by atoms with Crippen molar-refractivity contribution in [3.05, 3.63) is 46.8 Å². The van der Waals surface area contributed by atoms with Gasteiger partial charge in [-0.25, -0.2) is 17.2 Å². The minimum Gasteiger partial charge on any atom is -0.487 e. The molecule has 0 saturated carbocycles. The van der Waals surface area contributed by atoms with E-state index in [4.69, 9.17) is 4.74 Å². The molecule has 0 unspecified atom stereocenters. The van der Waals surface area contributed by atoms with Crippen LogP contribution in [0.4, 0.5) is 8.78 Å². The van der Waals surface area contributed by atoms with E-state index in [0.29, 0.717) is 10.6 Å². The number of rotatable bonds is 7. The van der Waals surface area contributed by atoms with Crippen LogP contribution in [0.2, 0.25) is 0 Å². The predicted octanol–water partition coefficient (Wildman–Crippen LogP) is 3.12. The molecule has 1 aromatic heterocycles. The molecule has 2 rings (SSSR count). The van der Waals surface area contributed by atoms with Gasteiger partial charge in [-0.05, 0) is 29.8 Å². The van der Waals surface area contributed by atoms with Gasteiger partial charge in [-0.2, -0.15) is 0 Å². The monoisotopic (exact) mass is 389 g/mol. The second-order valence-electron chi connectivity index (χ2n) is 5.58. The molecular formula is C16H17F2NO4S2. The molecule has 0 aliphatic rings. The van der Waals surface area contributed by atoms with Crippen molar-refractivity contribution in [2.75, 3.05) is 12.9 Å². The van der Waals surface area contributed by atoms with Crippen molar-refractivity contribution < 1.29 is 26.7 Å². The van der Waals surface area contributed by atoms with Gasteiger partial charge in [-0.3, -0.25) is 4.79 Å². The zero-order valence-corrected chi connectivity index (χ0v) is 15.2. The zero-order valence-electron chi connectivity index (χ0n) is 13.6. The molecule has 1 aromatic carbocycles. The molecule has 9 heteroatoms. The lowest BCUT2D eigenvalue weighted by Crippen LogP contribution is -2.22. The summed E-state index contributed by atoms with van der Waals surface area (Å²) in [5.41, 5.74) is 0.754. The second kappa shape index (κ2) is 7.49. The van der Waals surface area contributed by atoms with Crippen LogP contribution in [0.1, 0.15) is 22.2 Å². The van der Waals surface area contributed by atoms with Gasteiger partial charge in [0.05, 0.1) is 4.88 Å². The number of hydrogen-bond acceptors (Lipinski definition) is 5. The summed E-state index contributed by atoms with van der Waals surface area (Å²) in [6.45, 7) is 0.288. The van der Waals surface area contributed by atoms with Gasteiger partial charge in [0.25, 0.3) is 11.8 Å². The first-order valence-electron chi connectivity index (χ1n) is 7.22. The van der Waals surface area contributed by atoms with E-state index in [0.717, 1.165) is 30.1 Å². The number of nitrogens with one attached hydrogen (secondary N) is 1. The van der Waals surface area contributed by atoms with Crippen molar-refractivity contribution in [1.82, 2.24) is 5.32 Å². The number of ether oxygens (including phenoxy) is 1. The van der Waals surface area contributed by atoms with Gasteiger partial charge in [0.2, 0.25) is 0 Å². The molecule has 2 aromatic rings. The summed E-state index contributed by atoms with van der Waals surface area (Å²) in [6, 6.07) is 9.24. The Balaban J connectivity index is 1.90. The van der Waals surface area contributed by atoms with Crippen LogP contribution in [0.25, 0.3) is 0 Å². The normalized spacial score (nSPS) is 12.0. The molecule has 0 bridgehead atoms. The van der Waals surface area contributed by atoms with Gasteiger partial charge in [0, 0.05) is 19.7 Å². The van der Waals surface area contributed by atoms with E-state index in [2.05, 4.69) is 5.32 Å². The maximum Gasteiger partial charge on any atom is 0.278 e. The van der Waals surface area contributed by atoms with Crippen LogP contribution in [0, 0.1) is 0 Å². The Kier molecular flexibility index (Phi) is 5.79. The number of alkyl halides is 2. The van der Waals surface area contributed by atoms with Crippen molar-refractivity contribution in [2.45, 2.75) is 23.6 Å². The summed E-state index contributed by atoms with van der Waals surface area (Å²) in [6.07, 6.45) is 1.08. The average molecular weight is 389 g/mol. The first-order chi connectivity index (χ1) is 11.5. The molecule has 25 heavy (non-hydrogen) atoms. The van der Waals surface area contributed by atoms with Gasteiger partial charge in [-0.15, -0.1) is 11.3 Å². The minimum absolute atomic E-state index is 0.131. The number of benzene rings is 1. The Hall–Kier alpha value is -2.00. The lowest BCUT2D eigenvalue weighted by atomic mass is 10.2. The Labute approximate surface area is 148 Å². The summed E-state index contributed by atoms with van der Waals surface area (Å²) >= 11 is 0.903.